The van der Waals surface area contributed by atoms with Crippen LogP contribution >= 0.6 is 0 Å². The predicted molar refractivity (Wildman–Crippen MR) is 54.8 cm³/mol. The molecule has 1 atom stereocenters. The number of benzene rings is 1. The van der Waals surface area contributed by atoms with Crippen LogP contribution in [0, 0.1) is 0 Å². The highest BCUT2D eigenvalue weighted by molar-refractivity contribution is 5.42. The van der Waals surface area contributed by atoms with Gasteiger partial charge in [0.05, 0.1) is 6.61 Å². The second-order valence-corrected chi connectivity index (χ2v) is 3.81. The quantitative estimate of drug-likeness (QED) is 0.660. The minimum atomic E-state index is -0.840. The lowest BCUT2D eigenvalue weighted by atomic mass is 9.88. The van der Waals surface area contributed by atoms with Crippen LogP contribution in [0.2, 0.25) is 0 Å². The Labute approximate surface area is 83.5 Å². The van der Waals surface area contributed by atoms with Gasteiger partial charge >= 0.3 is 0 Å². The van der Waals surface area contributed by atoms with Crippen molar-refractivity contribution in [1.82, 2.24) is 0 Å². The van der Waals surface area contributed by atoms with Crippen molar-refractivity contribution in [3.8, 4) is 0 Å². The van der Waals surface area contributed by atoms with Gasteiger partial charge in [-0.05, 0) is 30.5 Å². The van der Waals surface area contributed by atoms with Crippen molar-refractivity contribution < 1.29 is 9.84 Å². The van der Waals surface area contributed by atoms with Gasteiger partial charge in [0.15, 0.2) is 0 Å². The number of nitrogens with two attached hydrogens (primary N) is 1. The lowest BCUT2D eigenvalue weighted by Crippen LogP contribution is -2.35. The van der Waals surface area contributed by atoms with Gasteiger partial charge in [0.2, 0.25) is 0 Å². The molecule has 0 radical (unpaired) electrons. The zero-order valence-corrected chi connectivity index (χ0v) is 8.07. The van der Waals surface area contributed by atoms with Gasteiger partial charge in [-0.1, -0.05) is 12.1 Å². The van der Waals surface area contributed by atoms with Crippen molar-refractivity contribution in [2.45, 2.75) is 18.4 Å². The van der Waals surface area contributed by atoms with Crippen molar-refractivity contribution >= 4 is 5.69 Å². The fourth-order valence-electron chi connectivity index (χ4n) is 1.84. The van der Waals surface area contributed by atoms with Crippen LogP contribution in [-0.4, -0.2) is 18.3 Å². The van der Waals surface area contributed by atoms with Crippen molar-refractivity contribution in [1.29, 1.82) is 0 Å². The monoisotopic (exact) mass is 193 g/mol. The Hall–Kier alpha value is -1.06. The molecule has 1 unspecified atom stereocenters. The Bertz CT molecular complexity index is 319. The third-order valence-electron chi connectivity index (χ3n) is 2.64. The molecule has 3 heteroatoms. The molecule has 0 aromatic heterocycles. The molecule has 1 saturated heterocycles. The van der Waals surface area contributed by atoms with Crippen LogP contribution in [0.5, 0.6) is 0 Å². The fraction of sp³-hybridized carbons (Fsp3) is 0.455. The van der Waals surface area contributed by atoms with E-state index >= 15 is 0 Å². The molecular weight excluding hydrogens is 178 g/mol. The van der Waals surface area contributed by atoms with E-state index in [1.807, 2.05) is 24.3 Å². The zero-order valence-electron chi connectivity index (χ0n) is 8.07. The number of anilines is 1. The minimum Gasteiger partial charge on any atom is -0.399 e. The van der Waals surface area contributed by atoms with Crippen LogP contribution in [0.4, 0.5) is 5.69 Å². The highest BCUT2D eigenvalue weighted by Crippen LogP contribution is 2.30. The Balaban J connectivity index is 2.28. The van der Waals surface area contributed by atoms with E-state index in [1.165, 1.54) is 0 Å². The molecule has 1 aromatic carbocycles. The molecule has 0 spiro atoms. The maximum absolute atomic E-state index is 10.3. The minimum absolute atomic E-state index is 0.371. The highest BCUT2D eigenvalue weighted by Gasteiger charge is 2.31. The van der Waals surface area contributed by atoms with Crippen LogP contribution in [0.1, 0.15) is 18.4 Å². The molecule has 1 heterocycles. The Morgan fingerprint density at radius 1 is 1.43 bits per heavy atom. The summed E-state index contributed by atoms with van der Waals surface area (Å²) in [4.78, 5) is 0. The number of hydrogen-bond donors (Lipinski definition) is 2. The van der Waals surface area contributed by atoms with E-state index in [-0.39, 0.29) is 0 Å². The van der Waals surface area contributed by atoms with Crippen LogP contribution in [0.3, 0.4) is 0 Å². The SMILES string of the molecule is Nc1cccc(C2(O)CCCOC2)c1. The van der Waals surface area contributed by atoms with Gasteiger partial charge in [-0.15, -0.1) is 0 Å². The normalized spacial score (nSPS) is 27.5. The van der Waals surface area contributed by atoms with Crippen LogP contribution in [0.25, 0.3) is 0 Å². The van der Waals surface area contributed by atoms with Crippen LogP contribution in [0.15, 0.2) is 24.3 Å². The summed E-state index contributed by atoms with van der Waals surface area (Å²) in [7, 11) is 0. The molecule has 1 aromatic rings. The van der Waals surface area contributed by atoms with E-state index in [4.69, 9.17) is 10.5 Å². The molecular formula is C11H15NO2. The standard InChI is InChI=1S/C11H15NO2/c12-10-4-1-3-9(7-10)11(13)5-2-6-14-8-11/h1,3-4,7,13H,2,5-6,8,12H2. The first-order valence-electron chi connectivity index (χ1n) is 4.87. The van der Waals surface area contributed by atoms with Crippen LogP contribution < -0.4 is 5.73 Å². The van der Waals surface area contributed by atoms with Gasteiger partial charge < -0.3 is 15.6 Å². The summed E-state index contributed by atoms with van der Waals surface area (Å²) in [5.74, 6) is 0. The van der Waals surface area contributed by atoms with E-state index < -0.39 is 5.60 Å². The molecule has 76 valence electrons. The Morgan fingerprint density at radius 3 is 2.93 bits per heavy atom. The van der Waals surface area contributed by atoms with Gasteiger partial charge in [0, 0.05) is 12.3 Å². The summed E-state index contributed by atoms with van der Waals surface area (Å²) >= 11 is 0. The molecule has 3 N–H and O–H groups in total. The van der Waals surface area contributed by atoms with E-state index in [0.717, 1.165) is 25.0 Å². The molecule has 1 aliphatic rings. The van der Waals surface area contributed by atoms with Gasteiger partial charge in [-0.25, -0.2) is 0 Å². The molecule has 0 saturated carbocycles. The second-order valence-electron chi connectivity index (χ2n) is 3.81. The zero-order chi connectivity index (χ0) is 10.0. The average molecular weight is 193 g/mol. The molecule has 1 fully saturated rings. The lowest BCUT2D eigenvalue weighted by molar-refractivity contribution is -0.0902. The largest absolute Gasteiger partial charge is 0.399 e. The molecule has 2 rings (SSSR count). The third-order valence-corrected chi connectivity index (χ3v) is 2.64. The summed E-state index contributed by atoms with van der Waals surface area (Å²) in [6.45, 7) is 1.11. The summed E-state index contributed by atoms with van der Waals surface area (Å²) in [5, 5.41) is 10.3. The van der Waals surface area contributed by atoms with E-state index in [1.54, 1.807) is 0 Å². The highest BCUT2D eigenvalue weighted by atomic mass is 16.5. The third kappa shape index (κ3) is 1.74. The van der Waals surface area contributed by atoms with Crippen LogP contribution in [-0.2, 0) is 10.3 Å². The molecule has 14 heavy (non-hydrogen) atoms. The molecule has 1 aliphatic heterocycles. The van der Waals surface area contributed by atoms with E-state index in [9.17, 15) is 5.11 Å². The Kier molecular flexibility index (Phi) is 2.44. The molecule has 3 nitrogen and oxygen atoms in total. The summed E-state index contributed by atoms with van der Waals surface area (Å²) in [6.07, 6.45) is 1.64. The molecule has 0 amide bonds. The average Bonchev–Trinajstić information content (AvgIpc) is 2.19. The van der Waals surface area contributed by atoms with Gasteiger partial charge in [0.25, 0.3) is 0 Å². The smallest absolute Gasteiger partial charge is 0.113 e. The number of ether oxygens (including phenoxy) is 1. The first-order chi connectivity index (χ1) is 6.71. The van der Waals surface area contributed by atoms with Gasteiger partial charge in [-0.2, -0.15) is 0 Å². The molecule has 0 aliphatic carbocycles. The number of rotatable bonds is 1. The first kappa shape index (κ1) is 9.49. The first-order valence-corrected chi connectivity index (χ1v) is 4.87. The van der Waals surface area contributed by atoms with Crippen molar-refractivity contribution in [2.24, 2.45) is 0 Å². The number of nitrogen functional groups attached to an aromatic ring is 1. The number of hydrogen-bond acceptors (Lipinski definition) is 3. The van der Waals surface area contributed by atoms with E-state index in [2.05, 4.69) is 0 Å². The molecule has 0 bridgehead atoms. The lowest BCUT2D eigenvalue weighted by Gasteiger charge is -2.32. The second kappa shape index (κ2) is 3.59. The van der Waals surface area contributed by atoms with Gasteiger partial charge in [-0.3, -0.25) is 0 Å². The maximum atomic E-state index is 10.3. The Morgan fingerprint density at radius 2 is 2.29 bits per heavy atom. The van der Waals surface area contributed by atoms with Crippen molar-refractivity contribution in [3.05, 3.63) is 29.8 Å². The summed E-state index contributed by atoms with van der Waals surface area (Å²) in [5.41, 5.74) is 6.37. The fourth-order valence-corrected chi connectivity index (χ4v) is 1.84. The van der Waals surface area contributed by atoms with Gasteiger partial charge in [0.1, 0.15) is 5.60 Å². The number of aliphatic hydroxyl groups is 1. The summed E-state index contributed by atoms with van der Waals surface area (Å²) < 4.78 is 5.29. The summed E-state index contributed by atoms with van der Waals surface area (Å²) in [6, 6.07) is 7.38. The topological polar surface area (TPSA) is 55.5 Å². The maximum Gasteiger partial charge on any atom is 0.113 e. The van der Waals surface area contributed by atoms with Crippen molar-refractivity contribution in [3.63, 3.8) is 0 Å². The van der Waals surface area contributed by atoms with Crippen molar-refractivity contribution in [2.75, 3.05) is 18.9 Å². The van der Waals surface area contributed by atoms with E-state index in [0.29, 0.717) is 12.3 Å². The predicted octanol–water partition coefficient (Wildman–Crippen LogP) is 1.27.